The summed E-state index contributed by atoms with van der Waals surface area (Å²) in [6, 6.07) is 11.7. The quantitative estimate of drug-likeness (QED) is 0.468. The number of amides is 1. The number of nitrogens with zero attached hydrogens (tertiary/aromatic N) is 1. The van der Waals surface area contributed by atoms with Gasteiger partial charge in [-0.05, 0) is 48.1 Å². The molecule has 0 bridgehead atoms. The monoisotopic (exact) mass is 464 g/mol. The molecule has 5 N–H and O–H groups in total. The van der Waals surface area contributed by atoms with Gasteiger partial charge in [-0.2, -0.15) is 13.2 Å². The maximum absolute atomic E-state index is 12.7. The smallest absolute Gasteiger partial charge is 0.481 e. The Balaban J connectivity index is 0.000000383. The summed E-state index contributed by atoms with van der Waals surface area (Å²) in [4.78, 5) is 29.1. The number of hydrogen-bond acceptors (Lipinski definition) is 5. The molecule has 0 radical (unpaired) electrons. The number of nitrogens with one attached hydrogen (secondary N) is 2. The summed E-state index contributed by atoms with van der Waals surface area (Å²) in [6.45, 7) is 0.538. The molecule has 1 atom stereocenters. The SMILES string of the molecule is COc1ccc2[nH]c(C(=O)NC3CCCc4cc(CN)ccc43)cc2n1.O=C(O)C(F)(F)F. The molecule has 1 aliphatic rings. The minimum Gasteiger partial charge on any atom is -0.481 e. The Morgan fingerprint density at radius 3 is 2.64 bits per heavy atom. The number of nitrogens with two attached hydrogens (primary N) is 1. The number of hydrogen-bond donors (Lipinski definition) is 4. The number of aliphatic carboxylic acids is 1. The average Bonchev–Trinajstić information content (AvgIpc) is 3.22. The average molecular weight is 464 g/mol. The minimum atomic E-state index is -5.08. The molecule has 2 aromatic heterocycles. The standard InChI is InChI=1S/C20H22N4O2.C2HF3O2/c1-26-19-8-7-16-17(23-19)10-18(22-16)20(25)24-15-4-2-3-13-9-12(11-21)5-6-14(13)15;3-2(4,5)1(6)7/h5-10,15,22H,2-4,11,21H2,1H3,(H,24,25);(H,6,7). The number of carbonyl (C=O) groups excluding carboxylic acids is 1. The molecule has 2 heterocycles. The number of carbonyl (C=O) groups is 2. The molecule has 11 heteroatoms. The molecule has 3 aromatic rings. The lowest BCUT2D eigenvalue weighted by molar-refractivity contribution is -0.192. The molecular weight excluding hydrogens is 441 g/mol. The first-order chi connectivity index (χ1) is 15.6. The first-order valence-electron chi connectivity index (χ1n) is 10.1. The van der Waals surface area contributed by atoms with Crippen molar-refractivity contribution in [1.82, 2.24) is 15.3 Å². The van der Waals surface area contributed by atoms with Crippen LogP contribution in [0.25, 0.3) is 11.0 Å². The molecule has 1 aromatic carbocycles. The van der Waals surface area contributed by atoms with E-state index in [4.69, 9.17) is 20.4 Å². The van der Waals surface area contributed by atoms with Crippen LogP contribution in [0.1, 0.15) is 46.1 Å². The Morgan fingerprint density at radius 2 is 2.00 bits per heavy atom. The van der Waals surface area contributed by atoms with E-state index in [0.717, 1.165) is 30.3 Å². The highest BCUT2D eigenvalue weighted by atomic mass is 19.4. The van der Waals surface area contributed by atoms with Crippen LogP contribution in [0, 0.1) is 0 Å². The number of fused-ring (bicyclic) bond motifs is 2. The summed E-state index contributed by atoms with van der Waals surface area (Å²) in [5, 5.41) is 10.3. The number of carboxylic acids is 1. The van der Waals surface area contributed by atoms with Crippen LogP contribution < -0.4 is 15.8 Å². The Morgan fingerprint density at radius 1 is 1.27 bits per heavy atom. The van der Waals surface area contributed by atoms with Crippen molar-refractivity contribution in [2.45, 2.75) is 38.0 Å². The summed E-state index contributed by atoms with van der Waals surface area (Å²) in [7, 11) is 1.57. The van der Waals surface area contributed by atoms with Gasteiger partial charge in [0.1, 0.15) is 5.69 Å². The van der Waals surface area contributed by atoms with E-state index in [-0.39, 0.29) is 11.9 Å². The van der Waals surface area contributed by atoms with Crippen molar-refractivity contribution in [3.05, 3.63) is 58.8 Å². The topological polar surface area (TPSA) is 130 Å². The Labute approximate surface area is 187 Å². The molecule has 0 saturated heterocycles. The third-order valence-electron chi connectivity index (χ3n) is 5.21. The lowest BCUT2D eigenvalue weighted by atomic mass is 9.86. The fourth-order valence-corrected chi connectivity index (χ4v) is 3.61. The van der Waals surface area contributed by atoms with E-state index >= 15 is 0 Å². The van der Waals surface area contributed by atoms with Crippen LogP contribution in [0.2, 0.25) is 0 Å². The lowest BCUT2D eigenvalue weighted by Crippen LogP contribution is -2.31. The predicted octanol–water partition coefficient (Wildman–Crippen LogP) is 3.47. The van der Waals surface area contributed by atoms with Gasteiger partial charge in [-0.15, -0.1) is 0 Å². The summed E-state index contributed by atoms with van der Waals surface area (Å²) >= 11 is 0. The molecule has 33 heavy (non-hydrogen) atoms. The third kappa shape index (κ3) is 5.80. The number of aromatic nitrogens is 2. The number of aryl methyl sites for hydroxylation is 1. The molecular formula is C22H23F3N4O4. The number of rotatable bonds is 4. The second kappa shape index (κ2) is 9.90. The molecule has 0 saturated carbocycles. The number of H-pyrrole nitrogens is 1. The molecule has 0 spiro atoms. The summed E-state index contributed by atoms with van der Waals surface area (Å²) in [6.07, 6.45) is -2.06. The molecule has 0 aliphatic heterocycles. The number of halogens is 3. The molecule has 1 unspecified atom stereocenters. The van der Waals surface area contributed by atoms with Crippen molar-refractivity contribution < 1.29 is 32.6 Å². The van der Waals surface area contributed by atoms with Gasteiger partial charge in [0, 0.05) is 12.6 Å². The number of methoxy groups -OCH3 is 1. The van der Waals surface area contributed by atoms with E-state index in [9.17, 15) is 18.0 Å². The van der Waals surface area contributed by atoms with Crippen molar-refractivity contribution >= 4 is 22.9 Å². The van der Waals surface area contributed by atoms with Crippen molar-refractivity contribution in [3.63, 3.8) is 0 Å². The highest BCUT2D eigenvalue weighted by Crippen LogP contribution is 2.31. The van der Waals surface area contributed by atoms with Gasteiger partial charge in [-0.3, -0.25) is 4.79 Å². The largest absolute Gasteiger partial charge is 0.490 e. The predicted molar refractivity (Wildman–Crippen MR) is 114 cm³/mol. The molecule has 0 fully saturated rings. The van der Waals surface area contributed by atoms with E-state index in [0.29, 0.717) is 23.6 Å². The van der Waals surface area contributed by atoms with Crippen molar-refractivity contribution in [2.75, 3.05) is 7.11 Å². The second-order valence-electron chi connectivity index (χ2n) is 7.43. The number of ether oxygens (including phenoxy) is 1. The van der Waals surface area contributed by atoms with Crippen LogP contribution in [0.3, 0.4) is 0 Å². The number of benzene rings is 1. The molecule has 176 valence electrons. The minimum absolute atomic E-state index is 0.0204. The van der Waals surface area contributed by atoms with Gasteiger partial charge in [-0.1, -0.05) is 18.2 Å². The fourth-order valence-electron chi connectivity index (χ4n) is 3.61. The van der Waals surface area contributed by atoms with E-state index in [1.807, 2.05) is 12.1 Å². The molecule has 1 amide bonds. The maximum Gasteiger partial charge on any atom is 0.490 e. The maximum atomic E-state index is 12.7. The van der Waals surface area contributed by atoms with E-state index in [1.54, 1.807) is 19.2 Å². The van der Waals surface area contributed by atoms with Crippen molar-refractivity contribution in [3.8, 4) is 5.88 Å². The van der Waals surface area contributed by atoms with Crippen LogP contribution in [-0.4, -0.2) is 40.2 Å². The Kier molecular flexibility index (Phi) is 7.22. The van der Waals surface area contributed by atoms with Crippen molar-refractivity contribution in [2.24, 2.45) is 5.73 Å². The van der Waals surface area contributed by atoms with Gasteiger partial charge in [0.05, 0.1) is 24.2 Å². The Hall–Kier alpha value is -3.60. The van der Waals surface area contributed by atoms with Gasteiger partial charge < -0.3 is 25.9 Å². The number of aromatic amines is 1. The van der Waals surface area contributed by atoms with Crippen LogP contribution >= 0.6 is 0 Å². The number of alkyl halides is 3. The zero-order valence-corrected chi connectivity index (χ0v) is 17.7. The van der Waals surface area contributed by atoms with E-state index < -0.39 is 12.1 Å². The van der Waals surface area contributed by atoms with Gasteiger partial charge in [0.15, 0.2) is 0 Å². The van der Waals surface area contributed by atoms with Gasteiger partial charge >= 0.3 is 12.1 Å². The van der Waals surface area contributed by atoms with Crippen LogP contribution in [0.4, 0.5) is 13.2 Å². The summed E-state index contributed by atoms with van der Waals surface area (Å²) in [5.74, 6) is -2.35. The number of pyridine rings is 1. The first-order valence-corrected chi connectivity index (χ1v) is 10.1. The van der Waals surface area contributed by atoms with Crippen LogP contribution in [-0.2, 0) is 17.8 Å². The summed E-state index contributed by atoms with van der Waals surface area (Å²) < 4.78 is 36.9. The van der Waals surface area contributed by atoms with Gasteiger partial charge in [0.25, 0.3) is 5.91 Å². The zero-order chi connectivity index (χ0) is 24.2. The van der Waals surface area contributed by atoms with Gasteiger partial charge in [0.2, 0.25) is 5.88 Å². The van der Waals surface area contributed by atoms with Crippen molar-refractivity contribution in [1.29, 1.82) is 0 Å². The van der Waals surface area contributed by atoms with Crippen LogP contribution in [0.5, 0.6) is 5.88 Å². The van der Waals surface area contributed by atoms with E-state index in [1.165, 1.54) is 11.1 Å². The first kappa shape index (κ1) is 24.1. The summed E-state index contributed by atoms with van der Waals surface area (Å²) in [5.41, 5.74) is 11.4. The van der Waals surface area contributed by atoms with Crippen LogP contribution in [0.15, 0.2) is 36.4 Å². The lowest BCUT2D eigenvalue weighted by Gasteiger charge is -2.26. The molecule has 4 rings (SSSR count). The number of carboxylic acid groups (broad SMARTS) is 1. The normalized spacial score (nSPS) is 15.2. The third-order valence-corrected chi connectivity index (χ3v) is 5.21. The molecule has 1 aliphatic carbocycles. The highest BCUT2D eigenvalue weighted by Gasteiger charge is 2.38. The fraction of sp³-hybridized carbons (Fsp3) is 0.318. The Bertz CT molecular complexity index is 1160. The van der Waals surface area contributed by atoms with E-state index in [2.05, 4.69) is 27.4 Å². The van der Waals surface area contributed by atoms with Gasteiger partial charge in [-0.25, -0.2) is 9.78 Å². The zero-order valence-electron chi connectivity index (χ0n) is 17.7. The second-order valence-corrected chi connectivity index (χ2v) is 7.43. The molecule has 8 nitrogen and oxygen atoms in total. The highest BCUT2D eigenvalue weighted by molar-refractivity contribution is 5.97.